The van der Waals surface area contributed by atoms with Crippen LogP contribution in [0.15, 0.2) is 12.1 Å². The Morgan fingerprint density at radius 2 is 1.55 bits per heavy atom. The molecule has 0 fully saturated rings. The third kappa shape index (κ3) is 4.40. The zero-order valence-corrected chi connectivity index (χ0v) is 15.9. The quantitative estimate of drug-likeness (QED) is 0.769. The Bertz CT molecular complexity index is 467. The second kappa shape index (κ2) is 7.37. The highest BCUT2D eigenvalue weighted by atomic mass is 28.4. The van der Waals surface area contributed by atoms with E-state index in [2.05, 4.69) is 33.9 Å². The molecule has 0 aromatic heterocycles. The van der Waals surface area contributed by atoms with Crippen molar-refractivity contribution in [3.8, 4) is 17.2 Å². The van der Waals surface area contributed by atoms with Crippen molar-refractivity contribution < 1.29 is 19.0 Å². The van der Waals surface area contributed by atoms with Crippen LogP contribution in [0.5, 0.6) is 17.2 Å². The highest BCUT2D eigenvalue weighted by molar-refractivity contribution is 6.74. The first-order valence-electron chi connectivity index (χ1n) is 7.71. The van der Waals surface area contributed by atoms with Crippen molar-refractivity contribution >= 4 is 8.32 Å². The molecule has 1 rings (SSSR count). The molecule has 1 aromatic rings. The van der Waals surface area contributed by atoms with Crippen molar-refractivity contribution in [2.45, 2.75) is 51.7 Å². The number of aliphatic hydroxyl groups excluding tert-OH is 1. The summed E-state index contributed by atoms with van der Waals surface area (Å²) in [6.07, 6.45) is 1.50. The van der Waals surface area contributed by atoms with E-state index in [0.29, 0.717) is 17.2 Å². The van der Waals surface area contributed by atoms with Crippen LogP contribution >= 0.6 is 0 Å². The van der Waals surface area contributed by atoms with Crippen LogP contribution in [-0.2, 0) is 6.42 Å². The number of ether oxygens (including phenoxy) is 2. The van der Waals surface area contributed by atoms with Gasteiger partial charge >= 0.3 is 0 Å². The largest absolute Gasteiger partial charge is 0.539 e. The molecular formula is C17H30O4Si. The Hall–Kier alpha value is -1.20. The van der Waals surface area contributed by atoms with Crippen molar-refractivity contribution in [2.24, 2.45) is 0 Å². The van der Waals surface area contributed by atoms with Crippen LogP contribution in [0.1, 0.15) is 32.8 Å². The molecule has 0 bridgehead atoms. The van der Waals surface area contributed by atoms with Gasteiger partial charge < -0.3 is 19.0 Å². The van der Waals surface area contributed by atoms with Gasteiger partial charge in [0.05, 0.1) is 14.2 Å². The molecule has 5 heteroatoms. The lowest BCUT2D eigenvalue weighted by molar-refractivity contribution is 0.288. The molecule has 0 heterocycles. The zero-order valence-electron chi connectivity index (χ0n) is 14.9. The highest BCUT2D eigenvalue weighted by Gasteiger charge is 2.40. The van der Waals surface area contributed by atoms with E-state index in [1.54, 1.807) is 14.2 Å². The average molecular weight is 327 g/mol. The van der Waals surface area contributed by atoms with Gasteiger partial charge in [-0.05, 0) is 48.7 Å². The van der Waals surface area contributed by atoms with Crippen LogP contribution in [0.4, 0.5) is 0 Å². The van der Waals surface area contributed by atoms with Gasteiger partial charge in [0.25, 0.3) is 8.32 Å². The summed E-state index contributed by atoms with van der Waals surface area (Å²) < 4.78 is 17.5. The molecular weight excluding hydrogens is 296 g/mol. The number of hydrogen-bond acceptors (Lipinski definition) is 4. The average Bonchev–Trinajstić information content (AvgIpc) is 2.44. The van der Waals surface area contributed by atoms with Crippen LogP contribution < -0.4 is 13.9 Å². The molecule has 0 saturated heterocycles. The van der Waals surface area contributed by atoms with Crippen molar-refractivity contribution in [2.75, 3.05) is 20.8 Å². The van der Waals surface area contributed by atoms with E-state index in [-0.39, 0.29) is 11.6 Å². The molecule has 0 atom stereocenters. The van der Waals surface area contributed by atoms with Crippen LogP contribution in [0.25, 0.3) is 0 Å². The fraction of sp³-hybridized carbons (Fsp3) is 0.647. The SMILES string of the molecule is COc1cc(CCCO)cc(OC)c1O[Si](C)(C)C(C)(C)C. The highest BCUT2D eigenvalue weighted by Crippen LogP contribution is 2.45. The number of benzene rings is 1. The summed E-state index contributed by atoms with van der Waals surface area (Å²) in [5, 5.41) is 9.09. The van der Waals surface area contributed by atoms with Crippen molar-refractivity contribution in [3.63, 3.8) is 0 Å². The minimum absolute atomic E-state index is 0.0958. The van der Waals surface area contributed by atoms with Gasteiger partial charge in [0, 0.05) is 6.61 Å². The zero-order chi connectivity index (χ0) is 17.0. The Balaban J connectivity index is 3.23. The molecule has 0 radical (unpaired) electrons. The third-order valence-electron chi connectivity index (χ3n) is 4.31. The van der Waals surface area contributed by atoms with Crippen LogP contribution in [-0.4, -0.2) is 34.3 Å². The van der Waals surface area contributed by atoms with E-state index >= 15 is 0 Å². The van der Waals surface area contributed by atoms with E-state index in [1.165, 1.54) is 0 Å². The molecule has 1 aromatic carbocycles. The predicted octanol–water partition coefficient (Wildman–Crippen LogP) is 4.01. The summed E-state index contributed by atoms with van der Waals surface area (Å²) in [6, 6.07) is 3.95. The monoisotopic (exact) mass is 326 g/mol. The van der Waals surface area contributed by atoms with Gasteiger partial charge in [-0.1, -0.05) is 20.8 Å². The van der Waals surface area contributed by atoms with Crippen molar-refractivity contribution in [1.82, 2.24) is 0 Å². The van der Waals surface area contributed by atoms with Gasteiger partial charge in [-0.2, -0.15) is 0 Å². The number of hydrogen-bond donors (Lipinski definition) is 1. The molecule has 126 valence electrons. The van der Waals surface area contributed by atoms with Crippen molar-refractivity contribution in [1.29, 1.82) is 0 Å². The summed E-state index contributed by atoms with van der Waals surface area (Å²) in [5.74, 6) is 2.07. The fourth-order valence-corrected chi connectivity index (χ4v) is 2.89. The van der Waals surface area contributed by atoms with E-state index in [4.69, 9.17) is 19.0 Å². The molecule has 0 aliphatic carbocycles. The van der Waals surface area contributed by atoms with Crippen LogP contribution in [0, 0.1) is 0 Å². The maximum absolute atomic E-state index is 9.00. The Labute approximate surface area is 135 Å². The van der Waals surface area contributed by atoms with Gasteiger partial charge in [0.1, 0.15) is 0 Å². The van der Waals surface area contributed by atoms with E-state index in [9.17, 15) is 0 Å². The molecule has 0 unspecified atom stereocenters. The molecule has 0 aliphatic rings. The number of methoxy groups -OCH3 is 2. The minimum atomic E-state index is -1.98. The summed E-state index contributed by atoms with van der Waals surface area (Å²) in [6.45, 7) is 11.2. The predicted molar refractivity (Wildman–Crippen MR) is 92.8 cm³/mol. The van der Waals surface area contributed by atoms with E-state index in [0.717, 1.165) is 18.4 Å². The smallest absolute Gasteiger partial charge is 0.250 e. The Morgan fingerprint density at radius 3 is 1.91 bits per heavy atom. The van der Waals surface area contributed by atoms with Crippen LogP contribution in [0.2, 0.25) is 18.1 Å². The summed E-state index contributed by atoms with van der Waals surface area (Å²) >= 11 is 0. The first kappa shape index (κ1) is 18.8. The minimum Gasteiger partial charge on any atom is -0.539 e. The standard InChI is InChI=1S/C17H30O4Si/c1-17(2,3)22(6,7)21-16-14(19-4)11-13(9-8-10-18)12-15(16)20-5/h11-12,18H,8-10H2,1-7H3. The molecule has 4 nitrogen and oxygen atoms in total. The van der Waals surface area contributed by atoms with Gasteiger partial charge in [-0.3, -0.25) is 0 Å². The first-order chi connectivity index (χ1) is 10.2. The second-order valence-electron chi connectivity index (χ2n) is 7.02. The van der Waals surface area contributed by atoms with Crippen LogP contribution in [0.3, 0.4) is 0 Å². The second-order valence-corrected chi connectivity index (χ2v) is 11.7. The van der Waals surface area contributed by atoms with Crippen molar-refractivity contribution in [3.05, 3.63) is 17.7 Å². The van der Waals surface area contributed by atoms with Gasteiger partial charge in [0.2, 0.25) is 0 Å². The molecule has 0 aliphatic heterocycles. The molecule has 0 amide bonds. The Kier molecular flexibility index (Phi) is 6.32. The summed E-state index contributed by atoms with van der Waals surface area (Å²) in [5.41, 5.74) is 1.07. The summed E-state index contributed by atoms with van der Waals surface area (Å²) in [7, 11) is 1.30. The number of aliphatic hydroxyl groups is 1. The van der Waals surface area contributed by atoms with E-state index in [1.807, 2.05) is 12.1 Å². The summed E-state index contributed by atoms with van der Waals surface area (Å²) in [4.78, 5) is 0. The third-order valence-corrected chi connectivity index (χ3v) is 8.63. The maximum Gasteiger partial charge on any atom is 0.250 e. The lowest BCUT2D eigenvalue weighted by Crippen LogP contribution is -2.44. The lowest BCUT2D eigenvalue weighted by Gasteiger charge is -2.37. The van der Waals surface area contributed by atoms with Gasteiger partial charge in [0.15, 0.2) is 17.2 Å². The maximum atomic E-state index is 9.00. The number of aryl methyl sites for hydroxylation is 1. The molecule has 22 heavy (non-hydrogen) atoms. The fourth-order valence-electron chi connectivity index (χ4n) is 1.87. The first-order valence-corrected chi connectivity index (χ1v) is 10.6. The van der Waals surface area contributed by atoms with Gasteiger partial charge in [-0.25, -0.2) is 0 Å². The van der Waals surface area contributed by atoms with E-state index < -0.39 is 8.32 Å². The Morgan fingerprint density at radius 1 is 1.05 bits per heavy atom. The molecule has 0 spiro atoms. The normalized spacial score (nSPS) is 12.2. The topological polar surface area (TPSA) is 47.9 Å². The lowest BCUT2D eigenvalue weighted by atomic mass is 10.1. The molecule has 1 N–H and O–H groups in total. The van der Waals surface area contributed by atoms with Gasteiger partial charge in [-0.15, -0.1) is 0 Å². The molecule has 0 saturated carbocycles. The number of rotatable bonds is 7.